The lowest BCUT2D eigenvalue weighted by Crippen LogP contribution is -1.83. The van der Waals surface area contributed by atoms with Crippen LogP contribution in [0.15, 0.2) is 24.4 Å². The number of carbonyl (C=O) groups is 1. The van der Waals surface area contributed by atoms with Crippen molar-refractivity contribution in [2.24, 2.45) is 0 Å². The minimum absolute atomic E-state index is 0.467. The Kier molecular flexibility index (Phi) is 3.20. The minimum Gasteiger partial charge on any atom is -0.303 e. The molecule has 0 aliphatic heterocycles. The molecule has 0 aliphatic carbocycles. The Bertz CT molecular complexity index is 292. The fourth-order valence-electron chi connectivity index (χ4n) is 0.923. The van der Waals surface area contributed by atoms with E-state index in [4.69, 9.17) is 0 Å². The molecule has 0 N–H and O–H groups in total. The van der Waals surface area contributed by atoms with Crippen LogP contribution in [0.1, 0.15) is 17.7 Å². The fraction of sp³-hybridized carbons (Fsp3) is 0.200. The van der Waals surface area contributed by atoms with Gasteiger partial charge in [0.15, 0.2) is 0 Å². The number of nitrogens with zero attached hydrogens (tertiary/aromatic N) is 1. The molecule has 0 aliphatic rings. The molecule has 1 rings (SSSR count). The number of aryl methyl sites for hydroxylation is 1. The Hall–Kier alpha value is -1.44. The number of aldehydes is 1. The highest BCUT2D eigenvalue weighted by Gasteiger charge is 1.90. The Balaban J connectivity index is 2.74. The lowest BCUT2D eigenvalue weighted by molar-refractivity contribution is -0.107. The number of carbonyl (C=O) groups excluding carboxylic acids is 1. The molecule has 0 saturated heterocycles. The number of hydrogen-bond donors (Lipinski definition) is 0. The normalized spacial score (nSPS) is 10.4. The Morgan fingerprint density at radius 3 is 3.08 bits per heavy atom. The van der Waals surface area contributed by atoms with Gasteiger partial charge in [-0.15, -0.1) is 0 Å². The third-order valence-electron chi connectivity index (χ3n) is 1.58. The molecule has 12 heavy (non-hydrogen) atoms. The second-order valence-corrected chi connectivity index (χ2v) is 2.48. The van der Waals surface area contributed by atoms with Crippen molar-refractivity contribution in [3.8, 4) is 0 Å². The summed E-state index contributed by atoms with van der Waals surface area (Å²) in [5, 5.41) is 0. The van der Waals surface area contributed by atoms with Gasteiger partial charge in [0.25, 0.3) is 0 Å². The predicted octanol–water partition coefficient (Wildman–Crippen LogP) is 1.99. The molecule has 0 aromatic carbocycles. The molecule has 1 aromatic heterocycles. The van der Waals surface area contributed by atoms with Crippen LogP contribution < -0.4 is 0 Å². The summed E-state index contributed by atoms with van der Waals surface area (Å²) in [5.41, 5.74) is 2.05. The highest BCUT2D eigenvalue weighted by atomic mass is 16.1. The summed E-state index contributed by atoms with van der Waals surface area (Å²) >= 11 is 0. The smallest absolute Gasteiger partial charge is 0.123 e. The molecule has 0 fully saturated rings. The van der Waals surface area contributed by atoms with E-state index in [2.05, 4.69) is 4.98 Å². The molecule has 1 aromatic rings. The van der Waals surface area contributed by atoms with Crippen molar-refractivity contribution in [3.63, 3.8) is 0 Å². The van der Waals surface area contributed by atoms with Crippen LogP contribution in [0.25, 0.3) is 6.08 Å². The summed E-state index contributed by atoms with van der Waals surface area (Å²) in [5.74, 6) is 0. The van der Waals surface area contributed by atoms with Gasteiger partial charge in [0.1, 0.15) is 6.29 Å². The average molecular weight is 161 g/mol. The van der Waals surface area contributed by atoms with Crippen LogP contribution in [-0.2, 0) is 4.79 Å². The molecule has 0 amide bonds. The van der Waals surface area contributed by atoms with E-state index in [1.165, 1.54) is 0 Å². The molecule has 2 heteroatoms. The molecule has 0 radical (unpaired) electrons. The van der Waals surface area contributed by atoms with Gasteiger partial charge in [-0.1, -0.05) is 18.2 Å². The molecule has 2 nitrogen and oxygen atoms in total. The van der Waals surface area contributed by atoms with Gasteiger partial charge in [-0.25, -0.2) is 0 Å². The van der Waals surface area contributed by atoms with Gasteiger partial charge in [-0.05, 0) is 18.6 Å². The molecule has 0 unspecified atom stereocenters. The number of aromatic nitrogens is 1. The Labute approximate surface area is 71.9 Å². The van der Waals surface area contributed by atoms with Crippen molar-refractivity contribution in [2.45, 2.75) is 13.3 Å². The van der Waals surface area contributed by atoms with E-state index in [9.17, 15) is 4.79 Å². The third-order valence-corrected chi connectivity index (χ3v) is 1.58. The van der Waals surface area contributed by atoms with E-state index < -0.39 is 0 Å². The topological polar surface area (TPSA) is 30.0 Å². The van der Waals surface area contributed by atoms with E-state index in [0.29, 0.717) is 6.42 Å². The van der Waals surface area contributed by atoms with E-state index >= 15 is 0 Å². The number of allylic oxidation sites excluding steroid dienone is 1. The highest BCUT2D eigenvalue weighted by molar-refractivity contribution is 5.58. The summed E-state index contributed by atoms with van der Waals surface area (Å²) in [6.45, 7) is 1.95. The average Bonchev–Trinajstić information content (AvgIpc) is 2.09. The van der Waals surface area contributed by atoms with Crippen molar-refractivity contribution in [3.05, 3.63) is 35.7 Å². The summed E-state index contributed by atoms with van der Waals surface area (Å²) < 4.78 is 0. The summed E-state index contributed by atoms with van der Waals surface area (Å²) in [7, 11) is 0. The molecule has 1 heterocycles. The van der Waals surface area contributed by atoms with E-state index in [-0.39, 0.29) is 0 Å². The third kappa shape index (κ3) is 2.31. The molecule has 0 spiro atoms. The van der Waals surface area contributed by atoms with Crippen molar-refractivity contribution in [1.82, 2.24) is 4.98 Å². The van der Waals surface area contributed by atoms with Crippen LogP contribution in [0.4, 0.5) is 0 Å². The Morgan fingerprint density at radius 1 is 1.58 bits per heavy atom. The Morgan fingerprint density at radius 2 is 2.42 bits per heavy atom. The summed E-state index contributed by atoms with van der Waals surface area (Å²) in [6, 6.07) is 3.86. The second-order valence-electron chi connectivity index (χ2n) is 2.48. The number of rotatable bonds is 3. The molecular weight excluding hydrogens is 150 g/mol. The fourth-order valence-corrected chi connectivity index (χ4v) is 0.923. The minimum atomic E-state index is 0.467. The van der Waals surface area contributed by atoms with Crippen LogP contribution >= 0.6 is 0 Å². The van der Waals surface area contributed by atoms with Crippen LogP contribution in [0.3, 0.4) is 0 Å². The zero-order valence-electron chi connectivity index (χ0n) is 7.03. The van der Waals surface area contributed by atoms with Crippen LogP contribution in [0.2, 0.25) is 0 Å². The van der Waals surface area contributed by atoms with E-state index in [1.807, 2.05) is 31.2 Å². The first-order valence-corrected chi connectivity index (χ1v) is 3.86. The van der Waals surface area contributed by atoms with Crippen LogP contribution in [-0.4, -0.2) is 11.3 Å². The highest BCUT2D eigenvalue weighted by Crippen LogP contribution is 2.05. The maximum Gasteiger partial charge on any atom is 0.123 e. The van der Waals surface area contributed by atoms with Gasteiger partial charge in [0, 0.05) is 18.3 Å². The zero-order chi connectivity index (χ0) is 8.81. The maximum absolute atomic E-state index is 10.0. The molecule has 0 atom stereocenters. The number of hydrogen-bond acceptors (Lipinski definition) is 2. The van der Waals surface area contributed by atoms with Crippen molar-refractivity contribution < 1.29 is 4.79 Å². The summed E-state index contributed by atoms with van der Waals surface area (Å²) in [4.78, 5) is 14.1. The molecule has 62 valence electrons. The van der Waals surface area contributed by atoms with Gasteiger partial charge in [0.05, 0.1) is 0 Å². The summed E-state index contributed by atoms with van der Waals surface area (Å²) in [6.07, 6.45) is 6.84. The second kappa shape index (κ2) is 4.44. The van der Waals surface area contributed by atoms with Gasteiger partial charge in [-0.3, -0.25) is 4.98 Å². The van der Waals surface area contributed by atoms with E-state index in [1.54, 1.807) is 6.20 Å². The lowest BCUT2D eigenvalue weighted by Gasteiger charge is -1.95. The maximum atomic E-state index is 10.0. The van der Waals surface area contributed by atoms with Crippen LogP contribution in [0.5, 0.6) is 0 Å². The van der Waals surface area contributed by atoms with Gasteiger partial charge in [0.2, 0.25) is 0 Å². The quantitative estimate of drug-likeness (QED) is 0.634. The van der Waals surface area contributed by atoms with Crippen molar-refractivity contribution >= 4 is 12.4 Å². The molecule has 0 saturated carbocycles. The first-order valence-electron chi connectivity index (χ1n) is 3.86. The largest absolute Gasteiger partial charge is 0.303 e. The first kappa shape index (κ1) is 8.65. The number of pyridine rings is 1. The predicted molar refractivity (Wildman–Crippen MR) is 48.7 cm³/mol. The molecule has 0 bridgehead atoms. The standard InChI is InChI=1S/C10H11NO/c1-9-10(5-2-3-8-12)6-4-7-11-9/h2,4-8H,3H2,1H3. The first-order chi connectivity index (χ1) is 5.84. The lowest BCUT2D eigenvalue weighted by atomic mass is 10.2. The SMILES string of the molecule is Cc1ncccc1C=CCC=O. The van der Waals surface area contributed by atoms with Crippen LogP contribution in [0, 0.1) is 6.92 Å². The van der Waals surface area contributed by atoms with E-state index in [0.717, 1.165) is 17.5 Å². The zero-order valence-corrected chi connectivity index (χ0v) is 7.03. The van der Waals surface area contributed by atoms with Crippen molar-refractivity contribution in [1.29, 1.82) is 0 Å². The van der Waals surface area contributed by atoms with Gasteiger partial charge in [-0.2, -0.15) is 0 Å². The monoisotopic (exact) mass is 161 g/mol. The van der Waals surface area contributed by atoms with Gasteiger partial charge >= 0.3 is 0 Å². The molecular formula is C10H11NO. The van der Waals surface area contributed by atoms with Crippen molar-refractivity contribution in [2.75, 3.05) is 0 Å². The van der Waals surface area contributed by atoms with Gasteiger partial charge < -0.3 is 4.79 Å².